The van der Waals surface area contributed by atoms with E-state index in [0.717, 1.165) is 13.1 Å². The number of nitrogens with one attached hydrogen (secondary N) is 2. The Balaban J connectivity index is 2.24. The molecule has 4 N–H and O–H groups in total. The first kappa shape index (κ1) is 10.4. The normalized spacial score (nSPS) is 14.7. The first-order chi connectivity index (χ1) is 7.16. The molecule has 0 saturated heterocycles. The quantitative estimate of drug-likeness (QED) is 0.662. The Morgan fingerprint density at radius 3 is 2.80 bits per heavy atom. The summed E-state index contributed by atoms with van der Waals surface area (Å²) in [6.45, 7) is 1.60. The van der Waals surface area contributed by atoms with E-state index in [-0.39, 0.29) is 0 Å². The molecule has 0 unspecified atom stereocenters. The fraction of sp³-hybridized carbons (Fsp3) is 0.222. The van der Waals surface area contributed by atoms with E-state index in [1.807, 2.05) is 0 Å². The van der Waals surface area contributed by atoms with Crippen molar-refractivity contribution in [1.82, 2.24) is 5.32 Å². The number of nitrogens with zero attached hydrogens (tertiary/aromatic N) is 1. The number of anilines is 2. The molecule has 1 heterocycles. The molecule has 0 saturated carbocycles. The lowest BCUT2D eigenvalue weighted by molar-refractivity contribution is 0.959. The van der Waals surface area contributed by atoms with Crippen LogP contribution in [0.3, 0.4) is 0 Å². The Morgan fingerprint density at radius 1 is 1.33 bits per heavy atom. The Labute approximate surface area is 97.5 Å². The molecule has 1 aliphatic heterocycles. The number of nitrogens with two attached hydrogens (primary N) is 1. The second kappa shape index (κ2) is 4.16. The van der Waals surface area contributed by atoms with E-state index < -0.39 is 0 Å². The molecule has 1 aromatic rings. The molecule has 4 nitrogen and oxygen atoms in total. The van der Waals surface area contributed by atoms with Crippen molar-refractivity contribution in [3.05, 3.63) is 22.2 Å². The molecule has 6 heteroatoms. The highest BCUT2D eigenvalue weighted by atomic mass is 35.5. The van der Waals surface area contributed by atoms with E-state index in [9.17, 15) is 0 Å². The molecule has 2 rings (SSSR count). The maximum Gasteiger partial charge on any atom is 0.195 e. The summed E-state index contributed by atoms with van der Waals surface area (Å²) in [4.78, 5) is 4.19. The summed E-state index contributed by atoms with van der Waals surface area (Å²) in [5.74, 6) is 0.707. The van der Waals surface area contributed by atoms with E-state index in [1.54, 1.807) is 12.1 Å². The van der Waals surface area contributed by atoms with Crippen LogP contribution in [0.5, 0.6) is 0 Å². The Hall–Kier alpha value is -1.13. The highest BCUT2D eigenvalue weighted by Gasteiger charge is 2.09. The van der Waals surface area contributed by atoms with Gasteiger partial charge in [-0.15, -0.1) is 0 Å². The number of benzene rings is 1. The number of hydrogen-bond acceptors (Lipinski definition) is 4. The van der Waals surface area contributed by atoms with Gasteiger partial charge in [0.25, 0.3) is 0 Å². The van der Waals surface area contributed by atoms with Gasteiger partial charge in [-0.25, -0.2) is 0 Å². The predicted molar refractivity (Wildman–Crippen MR) is 64.8 cm³/mol. The minimum Gasteiger partial charge on any atom is -0.397 e. The summed E-state index contributed by atoms with van der Waals surface area (Å²) in [6, 6.07) is 3.30. The van der Waals surface area contributed by atoms with Crippen molar-refractivity contribution in [3.8, 4) is 0 Å². The molecule has 0 aromatic heterocycles. The van der Waals surface area contributed by atoms with E-state index >= 15 is 0 Å². The molecule has 0 bridgehead atoms. The number of nitrogen functional groups attached to an aromatic ring is 1. The lowest BCUT2D eigenvalue weighted by Crippen LogP contribution is -2.26. The average Bonchev–Trinajstić information content (AvgIpc) is 2.67. The molecule has 0 aliphatic carbocycles. The summed E-state index contributed by atoms with van der Waals surface area (Å²) >= 11 is 11.8. The van der Waals surface area contributed by atoms with Crippen molar-refractivity contribution >= 4 is 40.5 Å². The van der Waals surface area contributed by atoms with Gasteiger partial charge >= 0.3 is 0 Å². The fourth-order valence-electron chi connectivity index (χ4n) is 1.27. The van der Waals surface area contributed by atoms with Crippen molar-refractivity contribution in [2.24, 2.45) is 4.99 Å². The molecule has 0 fully saturated rings. The molecule has 15 heavy (non-hydrogen) atoms. The molecule has 1 aliphatic rings. The molecule has 0 spiro atoms. The van der Waals surface area contributed by atoms with E-state index in [2.05, 4.69) is 15.6 Å². The van der Waals surface area contributed by atoms with Crippen LogP contribution in [0.4, 0.5) is 11.4 Å². The van der Waals surface area contributed by atoms with Crippen LogP contribution >= 0.6 is 23.2 Å². The third kappa shape index (κ3) is 2.27. The summed E-state index contributed by atoms with van der Waals surface area (Å²) in [6.07, 6.45) is 0. The van der Waals surface area contributed by atoms with Crippen LogP contribution in [0.15, 0.2) is 17.1 Å². The molecule has 0 amide bonds. The second-order valence-electron chi connectivity index (χ2n) is 3.14. The minimum atomic E-state index is 0.451. The van der Waals surface area contributed by atoms with Crippen molar-refractivity contribution in [2.75, 3.05) is 24.1 Å². The maximum absolute atomic E-state index is 5.99. The lowest BCUT2D eigenvalue weighted by Gasteiger charge is -2.10. The number of halogens is 2. The van der Waals surface area contributed by atoms with E-state index in [4.69, 9.17) is 28.9 Å². The van der Waals surface area contributed by atoms with Crippen LogP contribution < -0.4 is 16.4 Å². The average molecular weight is 245 g/mol. The monoisotopic (exact) mass is 244 g/mol. The summed E-state index contributed by atoms with van der Waals surface area (Å²) < 4.78 is 0. The summed E-state index contributed by atoms with van der Waals surface area (Å²) in [5, 5.41) is 7.09. The first-order valence-corrected chi connectivity index (χ1v) is 5.22. The highest BCUT2D eigenvalue weighted by molar-refractivity contribution is 6.38. The van der Waals surface area contributed by atoms with Gasteiger partial charge in [0.1, 0.15) is 0 Å². The van der Waals surface area contributed by atoms with E-state index in [0.29, 0.717) is 27.4 Å². The first-order valence-electron chi connectivity index (χ1n) is 4.46. The van der Waals surface area contributed by atoms with Crippen LogP contribution in [0.1, 0.15) is 0 Å². The molecule has 0 atom stereocenters. The summed E-state index contributed by atoms with van der Waals surface area (Å²) in [7, 11) is 0. The van der Waals surface area contributed by atoms with Crippen molar-refractivity contribution in [3.63, 3.8) is 0 Å². The van der Waals surface area contributed by atoms with Gasteiger partial charge in [-0.1, -0.05) is 23.2 Å². The molecular formula is C9H10Cl2N4. The zero-order chi connectivity index (χ0) is 10.8. The standard InChI is InChI=1S/C9H10Cl2N4/c10-5-3-6(11)8(4-7(5)12)15-9-13-1-2-14-9/h3-4H,1-2,12H2,(H2,13,14,15). The smallest absolute Gasteiger partial charge is 0.195 e. The topological polar surface area (TPSA) is 62.4 Å². The third-order valence-electron chi connectivity index (χ3n) is 2.01. The van der Waals surface area contributed by atoms with Gasteiger partial charge in [0.2, 0.25) is 0 Å². The Bertz CT molecular complexity index is 417. The number of rotatable bonds is 1. The van der Waals surface area contributed by atoms with Crippen LogP contribution in [0.25, 0.3) is 0 Å². The number of hydrogen-bond donors (Lipinski definition) is 3. The highest BCUT2D eigenvalue weighted by Crippen LogP contribution is 2.30. The summed E-state index contributed by atoms with van der Waals surface area (Å²) in [5.41, 5.74) is 6.86. The lowest BCUT2D eigenvalue weighted by atomic mass is 10.3. The fourth-order valence-corrected chi connectivity index (χ4v) is 1.70. The third-order valence-corrected chi connectivity index (χ3v) is 2.65. The van der Waals surface area contributed by atoms with Gasteiger partial charge in [0, 0.05) is 6.54 Å². The van der Waals surface area contributed by atoms with E-state index in [1.165, 1.54) is 0 Å². The minimum absolute atomic E-state index is 0.451. The van der Waals surface area contributed by atoms with Gasteiger partial charge in [0.05, 0.1) is 28.0 Å². The zero-order valence-corrected chi connectivity index (χ0v) is 9.36. The van der Waals surface area contributed by atoms with Crippen molar-refractivity contribution < 1.29 is 0 Å². The number of guanidine groups is 1. The van der Waals surface area contributed by atoms with Crippen LogP contribution in [0, 0.1) is 0 Å². The predicted octanol–water partition coefficient (Wildman–Crippen LogP) is 1.95. The van der Waals surface area contributed by atoms with Gasteiger partial charge in [-0.05, 0) is 12.1 Å². The molecule has 80 valence electrons. The van der Waals surface area contributed by atoms with Gasteiger partial charge in [-0.2, -0.15) is 0 Å². The maximum atomic E-state index is 5.99. The number of aliphatic imine (C=N–C) groups is 1. The van der Waals surface area contributed by atoms with Gasteiger partial charge < -0.3 is 16.4 Å². The SMILES string of the molecule is Nc1cc(NC2=NCCN2)c(Cl)cc1Cl. The van der Waals surface area contributed by atoms with Gasteiger partial charge in [0.15, 0.2) is 5.96 Å². The van der Waals surface area contributed by atoms with Crippen LogP contribution in [-0.2, 0) is 0 Å². The largest absolute Gasteiger partial charge is 0.397 e. The Kier molecular flexibility index (Phi) is 2.88. The van der Waals surface area contributed by atoms with Crippen molar-refractivity contribution in [1.29, 1.82) is 0 Å². The van der Waals surface area contributed by atoms with Crippen LogP contribution in [0.2, 0.25) is 10.0 Å². The van der Waals surface area contributed by atoms with Crippen molar-refractivity contribution in [2.45, 2.75) is 0 Å². The second-order valence-corrected chi connectivity index (χ2v) is 3.95. The van der Waals surface area contributed by atoms with Crippen LogP contribution in [-0.4, -0.2) is 19.0 Å². The molecule has 1 aromatic carbocycles. The molecule has 0 radical (unpaired) electrons. The molecular weight excluding hydrogens is 235 g/mol. The Morgan fingerprint density at radius 2 is 2.13 bits per heavy atom. The zero-order valence-electron chi connectivity index (χ0n) is 7.85. The van der Waals surface area contributed by atoms with Gasteiger partial charge in [-0.3, -0.25) is 4.99 Å².